The first-order valence-corrected chi connectivity index (χ1v) is 6.19. The lowest BCUT2D eigenvalue weighted by Crippen LogP contribution is -2.45. The van der Waals surface area contributed by atoms with Crippen LogP contribution in [0.25, 0.3) is 0 Å². The molecule has 1 aromatic heterocycles. The molecule has 15 heavy (non-hydrogen) atoms. The summed E-state index contributed by atoms with van der Waals surface area (Å²) in [6, 6.07) is 3.94. The van der Waals surface area contributed by atoms with Crippen molar-refractivity contribution in [1.82, 2.24) is 10.4 Å². The van der Waals surface area contributed by atoms with Crippen molar-refractivity contribution < 1.29 is 4.79 Å². The lowest BCUT2D eigenvalue weighted by molar-refractivity contribution is -0.129. The first-order chi connectivity index (χ1) is 6.84. The summed E-state index contributed by atoms with van der Waals surface area (Å²) in [6.07, 6.45) is 0. The minimum absolute atomic E-state index is 0.00171. The highest BCUT2D eigenvalue weighted by atomic mass is 79.9. The zero-order chi connectivity index (χ0) is 11.6. The van der Waals surface area contributed by atoms with Gasteiger partial charge in [0.05, 0.1) is 9.20 Å². The third-order valence-electron chi connectivity index (χ3n) is 2.08. The molecule has 1 aromatic rings. The van der Waals surface area contributed by atoms with E-state index in [0.717, 1.165) is 8.66 Å². The Morgan fingerprint density at radius 3 is 2.47 bits per heavy atom. The molecule has 1 rings (SSSR count). The Morgan fingerprint density at radius 2 is 2.07 bits per heavy atom. The van der Waals surface area contributed by atoms with Gasteiger partial charge in [-0.15, -0.1) is 11.3 Å². The van der Waals surface area contributed by atoms with Crippen LogP contribution in [0, 0.1) is 0 Å². The van der Waals surface area contributed by atoms with Crippen LogP contribution in [0.2, 0.25) is 0 Å². The van der Waals surface area contributed by atoms with Crippen molar-refractivity contribution >= 4 is 33.2 Å². The second-order valence-corrected chi connectivity index (χ2v) is 6.53. The molecule has 0 spiro atoms. The number of amides is 1. The Kier molecular flexibility index (Phi) is 3.92. The van der Waals surface area contributed by atoms with Gasteiger partial charge >= 0.3 is 0 Å². The fraction of sp³-hybridized carbons (Fsp3) is 0.500. The largest absolute Gasteiger partial charge is 0.289 e. The van der Waals surface area contributed by atoms with Gasteiger partial charge < -0.3 is 0 Å². The van der Waals surface area contributed by atoms with Gasteiger partial charge in [-0.2, -0.15) is 0 Å². The molecule has 0 aliphatic rings. The molecule has 0 unspecified atom stereocenters. The Balaban J connectivity index is 2.87. The summed E-state index contributed by atoms with van der Waals surface area (Å²) in [4.78, 5) is 13.0. The molecule has 0 saturated heterocycles. The number of carbonyl (C=O) groups excluding carboxylic acids is 1. The van der Waals surface area contributed by atoms with E-state index < -0.39 is 5.41 Å². The molecule has 0 saturated carbocycles. The first-order valence-electron chi connectivity index (χ1n) is 4.58. The van der Waals surface area contributed by atoms with E-state index in [1.165, 1.54) is 0 Å². The number of thiophene rings is 1. The summed E-state index contributed by atoms with van der Waals surface area (Å²) in [5, 5.41) is 1.66. The standard InChI is InChI=1S/C10H15BrN2OS/c1-10(2,9(14)12-13(3)4)7-5-6-8(11)15-7/h5-6H,1-4H3,(H,12,14). The monoisotopic (exact) mass is 290 g/mol. The van der Waals surface area contributed by atoms with E-state index in [9.17, 15) is 4.79 Å². The van der Waals surface area contributed by atoms with Crippen LogP contribution in [0.3, 0.4) is 0 Å². The average Bonchev–Trinajstić information content (AvgIpc) is 2.50. The Labute approximate surface area is 103 Å². The number of nitrogens with one attached hydrogen (secondary N) is 1. The number of rotatable bonds is 3. The van der Waals surface area contributed by atoms with Crippen molar-refractivity contribution in [1.29, 1.82) is 0 Å². The van der Waals surface area contributed by atoms with Gasteiger partial charge in [0.2, 0.25) is 5.91 Å². The number of carbonyl (C=O) groups is 1. The van der Waals surface area contributed by atoms with Crippen molar-refractivity contribution in [3.05, 3.63) is 20.8 Å². The Bertz CT molecular complexity index is 360. The Hall–Kier alpha value is -0.390. The number of halogens is 1. The van der Waals surface area contributed by atoms with E-state index in [-0.39, 0.29) is 5.91 Å². The molecule has 1 heterocycles. The van der Waals surface area contributed by atoms with Crippen molar-refractivity contribution in [2.75, 3.05) is 14.1 Å². The van der Waals surface area contributed by atoms with Crippen molar-refractivity contribution in [3.63, 3.8) is 0 Å². The molecular weight excluding hydrogens is 276 g/mol. The van der Waals surface area contributed by atoms with Crippen LogP contribution in [0.4, 0.5) is 0 Å². The number of hydrogen-bond acceptors (Lipinski definition) is 3. The average molecular weight is 291 g/mol. The second kappa shape index (κ2) is 4.63. The van der Waals surface area contributed by atoms with Crippen LogP contribution in [0.5, 0.6) is 0 Å². The van der Waals surface area contributed by atoms with Gasteiger partial charge in [0, 0.05) is 19.0 Å². The zero-order valence-corrected chi connectivity index (χ0v) is 11.7. The molecule has 84 valence electrons. The van der Waals surface area contributed by atoms with Gasteiger partial charge in [0.15, 0.2) is 0 Å². The van der Waals surface area contributed by atoms with Gasteiger partial charge in [-0.05, 0) is 41.9 Å². The van der Waals surface area contributed by atoms with Gasteiger partial charge in [-0.1, -0.05) is 0 Å². The quantitative estimate of drug-likeness (QED) is 0.867. The summed E-state index contributed by atoms with van der Waals surface area (Å²) in [7, 11) is 3.61. The van der Waals surface area contributed by atoms with E-state index in [1.54, 1.807) is 30.4 Å². The van der Waals surface area contributed by atoms with Crippen molar-refractivity contribution in [2.45, 2.75) is 19.3 Å². The topological polar surface area (TPSA) is 32.3 Å². The summed E-state index contributed by atoms with van der Waals surface area (Å²) < 4.78 is 1.04. The Morgan fingerprint density at radius 1 is 1.47 bits per heavy atom. The van der Waals surface area contributed by atoms with E-state index >= 15 is 0 Å². The highest BCUT2D eigenvalue weighted by Gasteiger charge is 2.31. The molecule has 1 N–H and O–H groups in total. The van der Waals surface area contributed by atoms with Gasteiger partial charge in [-0.25, -0.2) is 5.01 Å². The SMILES string of the molecule is CN(C)NC(=O)C(C)(C)c1ccc(Br)s1. The predicted octanol–water partition coefficient (Wildman–Crippen LogP) is 2.38. The summed E-state index contributed by atoms with van der Waals surface area (Å²) in [6.45, 7) is 3.84. The molecule has 0 fully saturated rings. The third kappa shape index (κ3) is 3.03. The molecule has 3 nitrogen and oxygen atoms in total. The van der Waals surface area contributed by atoms with E-state index in [1.807, 2.05) is 26.0 Å². The molecule has 0 radical (unpaired) electrons. The summed E-state index contributed by atoms with van der Waals surface area (Å²) >= 11 is 4.99. The maximum absolute atomic E-state index is 11.9. The molecule has 0 bridgehead atoms. The number of nitrogens with zero attached hydrogens (tertiary/aromatic N) is 1. The molecule has 0 aliphatic carbocycles. The molecule has 0 aromatic carbocycles. The van der Waals surface area contributed by atoms with Crippen LogP contribution >= 0.6 is 27.3 Å². The molecule has 5 heteroatoms. The molecule has 0 atom stereocenters. The van der Waals surface area contributed by atoms with Crippen LogP contribution in [-0.2, 0) is 10.2 Å². The predicted molar refractivity (Wildman–Crippen MR) is 66.9 cm³/mol. The van der Waals surface area contributed by atoms with Crippen LogP contribution in [-0.4, -0.2) is 25.0 Å². The minimum Gasteiger partial charge on any atom is -0.289 e. The van der Waals surface area contributed by atoms with E-state index in [4.69, 9.17) is 0 Å². The van der Waals surface area contributed by atoms with E-state index in [2.05, 4.69) is 21.4 Å². The van der Waals surface area contributed by atoms with Crippen molar-refractivity contribution in [2.24, 2.45) is 0 Å². The molecular formula is C10H15BrN2OS. The fourth-order valence-electron chi connectivity index (χ4n) is 1.10. The smallest absolute Gasteiger partial charge is 0.245 e. The van der Waals surface area contributed by atoms with E-state index in [0.29, 0.717) is 0 Å². The maximum atomic E-state index is 11.9. The molecule has 1 amide bonds. The maximum Gasteiger partial charge on any atom is 0.245 e. The number of hydrazine groups is 1. The summed E-state index contributed by atoms with van der Waals surface area (Å²) in [5.41, 5.74) is 2.28. The lowest BCUT2D eigenvalue weighted by Gasteiger charge is -2.24. The van der Waals surface area contributed by atoms with Crippen LogP contribution in [0.15, 0.2) is 15.9 Å². The van der Waals surface area contributed by atoms with Crippen LogP contribution in [0.1, 0.15) is 18.7 Å². The molecule has 0 aliphatic heterocycles. The highest BCUT2D eigenvalue weighted by Crippen LogP contribution is 2.32. The fourth-order valence-corrected chi connectivity index (χ4v) is 2.59. The van der Waals surface area contributed by atoms with Gasteiger partial charge in [0.25, 0.3) is 0 Å². The highest BCUT2D eigenvalue weighted by molar-refractivity contribution is 9.11. The number of hydrogen-bond donors (Lipinski definition) is 1. The minimum atomic E-state index is -0.499. The lowest BCUT2D eigenvalue weighted by atomic mass is 9.91. The normalized spacial score (nSPS) is 11.9. The second-order valence-electron chi connectivity index (χ2n) is 4.06. The van der Waals surface area contributed by atoms with Crippen LogP contribution < -0.4 is 5.43 Å². The first kappa shape index (κ1) is 12.7. The third-order valence-corrected chi connectivity index (χ3v) is 4.03. The van der Waals surface area contributed by atoms with Gasteiger partial charge in [-0.3, -0.25) is 10.2 Å². The van der Waals surface area contributed by atoms with Crippen molar-refractivity contribution in [3.8, 4) is 0 Å². The zero-order valence-electron chi connectivity index (χ0n) is 9.30. The summed E-state index contributed by atoms with van der Waals surface area (Å²) in [5.74, 6) is 0.00171. The van der Waals surface area contributed by atoms with Gasteiger partial charge in [0.1, 0.15) is 0 Å².